The molecule has 0 unspecified atom stereocenters. The van der Waals surface area contributed by atoms with E-state index in [-0.39, 0.29) is 5.91 Å². The number of para-hydroxylation sites is 1. The van der Waals surface area contributed by atoms with Crippen molar-refractivity contribution >= 4 is 29.3 Å². The van der Waals surface area contributed by atoms with Crippen molar-refractivity contribution in [2.75, 3.05) is 4.90 Å². The summed E-state index contributed by atoms with van der Waals surface area (Å²) in [5, 5.41) is 0.432. The van der Waals surface area contributed by atoms with Crippen molar-refractivity contribution < 1.29 is 4.79 Å². The number of halogens is 1. The minimum atomic E-state index is -0.0163. The van der Waals surface area contributed by atoms with Gasteiger partial charge in [-0.05, 0) is 29.3 Å². The smallest absolute Gasteiger partial charge is 0.236 e. The highest BCUT2D eigenvalue weighted by Crippen LogP contribution is 2.28. The zero-order valence-corrected chi connectivity index (χ0v) is 11.0. The lowest BCUT2D eigenvalue weighted by Gasteiger charge is -2.20. The number of carbonyl (C=O) groups excluding carboxylic acids is 1. The molecule has 0 N–H and O–H groups in total. The molecule has 0 aromatic heterocycles. The molecule has 0 spiro atoms. The van der Waals surface area contributed by atoms with E-state index in [1.807, 2.05) is 60.7 Å². The Morgan fingerprint density at radius 1 is 0.947 bits per heavy atom. The van der Waals surface area contributed by atoms with E-state index in [0.717, 1.165) is 16.8 Å². The van der Waals surface area contributed by atoms with Crippen LogP contribution in [0.1, 0.15) is 11.1 Å². The predicted molar refractivity (Wildman–Crippen MR) is 77.9 cm³/mol. The highest BCUT2D eigenvalue weighted by molar-refractivity contribution is 6.36. The molecule has 0 fully saturated rings. The Labute approximate surface area is 116 Å². The normalized spacial score (nSPS) is 14.7. The summed E-state index contributed by atoms with van der Waals surface area (Å²) in [6, 6.07) is 17.3. The minimum Gasteiger partial charge on any atom is -0.274 e. The zero-order chi connectivity index (χ0) is 13.2. The summed E-state index contributed by atoms with van der Waals surface area (Å²) in [5.41, 5.74) is 2.80. The van der Waals surface area contributed by atoms with Crippen LogP contribution in [-0.4, -0.2) is 5.91 Å². The first-order chi connectivity index (χ1) is 9.25. The third-order valence-corrected chi connectivity index (χ3v) is 3.43. The van der Waals surface area contributed by atoms with Gasteiger partial charge in [0.15, 0.2) is 0 Å². The fraction of sp³-hybridized carbons (Fsp3) is 0.0625. The van der Waals surface area contributed by atoms with E-state index in [2.05, 4.69) is 0 Å². The number of nitrogens with zero attached hydrogens (tertiary/aromatic N) is 1. The highest BCUT2D eigenvalue weighted by atomic mass is 35.5. The molecule has 0 atom stereocenters. The van der Waals surface area contributed by atoms with Crippen molar-refractivity contribution in [3.63, 3.8) is 0 Å². The fourth-order valence-corrected chi connectivity index (χ4v) is 2.54. The molecule has 1 aliphatic rings. The van der Waals surface area contributed by atoms with E-state index >= 15 is 0 Å². The molecule has 2 aromatic rings. The Hall–Kier alpha value is -2.06. The van der Waals surface area contributed by atoms with Gasteiger partial charge in [0, 0.05) is 5.69 Å². The topological polar surface area (TPSA) is 20.3 Å². The van der Waals surface area contributed by atoms with Crippen molar-refractivity contribution in [3.05, 3.63) is 70.9 Å². The first-order valence-corrected chi connectivity index (χ1v) is 6.46. The molecule has 2 nitrogen and oxygen atoms in total. The number of hydrogen-bond donors (Lipinski definition) is 0. The molecule has 1 heterocycles. The number of benzene rings is 2. The number of carbonyl (C=O) groups is 1. The molecular formula is C16H12ClNO. The van der Waals surface area contributed by atoms with Gasteiger partial charge in [0.1, 0.15) is 5.16 Å². The lowest BCUT2D eigenvalue weighted by molar-refractivity contribution is -0.117. The Kier molecular flexibility index (Phi) is 3.10. The highest BCUT2D eigenvalue weighted by Gasteiger charge is 2.23. The van der Waals surface area contributed by atoms with Gasteiger partial charge in [0.25, 0.3) is 0 Å². The SMILES string of the molecule is O=C1Cc2ccccc2C=C(Cl)N1c1ccccc1. The molecule has 94 valence electrons. The molecular weight excluding hydrogens is 258 g/mol. The molecule has 1 amide bonds. The van der Waals surface area contributed by atoms with Crippen LogP contribution in [0.25, 0.3) is 6.08 Å². The first kappa shape index (κ1) is 12.0. The second-order valence-electron chi connectivity index (χ2n) is 4.41. The van der Waals surface area contributed by atoms with E-state index in [1.54, 1.807) is 4.90 Å². The van der Waals surface area contributed by atoms with Gasteiger partial charge in [0.05, 0.1) is 6.42 Å². The third kappa shape index (κ3) is 2.27. The van der Waals surface area contributed by atoms with E-state index in [9.17, 15) is 4.79 Å². The van der Waals surface area contributed by atoms with Crippen molar-refractivity contribution in [2.24, 2.45) is 0 Å². The molecule has 0 saturated heterocycles. The zero-order valence-electron chi connectivity index (χ0n) is 10.2. The van der Waals surface area contributed by atoms with Crippen LogP contribution in [-0.2, 0) is 11.2 Å². The molecule has 3 heteroatoms. The van der Waals surface area contributed by atoms with Crippen LogP contribution in [0.3, 0.4) is 0 Å². The summed E-state index contributed by atoms with van der Waals surface area (Å²) in [4.78, 5) is 13.9. The van der Waals surface area contributed by atoms with Crippen molar-refractivity contribution in [2.45, 2.75) is 6.42 Å². The van der Waals surface area contributed by atoms with Crippen molar-refractivity contribution in [3.8, 4) is 0 Å². The number of fused-ring (bicyclic) bond motifs is 1. The minimum absolute atomic E-state index is 0.0163. The summed E-state index contributed by atoms with van der Waals surface area (Å²) < 4.78 is 0. The Balaban J connectivity index is 2.08. The maximum atomic E-state index is 12.4. The van der Waals surface area contributed by atoms with Gasteiger partial charge in [-0.3, -0.25) is 9.69 Å². The van der Waals surface area contributed by atoms with Crippen LogP contribution in [0.15, 0.2) is 59.8 Å². The second-order valence-corrected chi connectivity index (χ2v) is 4.79. The molecule has 0 aliphatic carbocycles. The molecule has 3 rings (SSSR count). The van der Waals surface area contributed by atoms with Crippen LogP contribution in [0, 0.1) is 0 Å². The quantitative estimate of drug-likeness (QED) is 0.721. The van der Waals surface area contributed by atoms with Crippen LogP contribution < -0.4 is 4.90 Å². The Morgan fingerprint density at radius 3 is 2.42 bits per heavy atom. The molecule has 1 aliphatic heterocycles. The summed E-state index contributed by atoms with van der Waals surface area (Å²) in [6.45, 7) is 0. The lowest BCUT2D eigenvalue weighted by atomic mass is 10.1. The van der Waals surface area contributed by atoms with Crippen LogP contribution in [0.2, 0.25) is 0 Å². The molecule has 0 saturated carbocycles. The maximum Gasteiger partial charge on any atom is 0.236 e. The molecule has 19 heavy (non-hydrogen) atoms. The lowest BCUT2D eigenvalue weighted by Crippen LogP contribution is -2.28. The Bertz CT molecular complexity index is 649. The maximum absolute atomic E-state index is 12.4. The van der Waals surface area contributed by atoms with Crippen molar-refractivity contribution in [1.29, 1.82) is 0 Å². The largest absolute Gasteiger partial charge is 0.274 e. The summed E-state index contributed by atoms with van der Waals surface area (Å²) >= 11 is 6.31. The van der Waals surface area contributed by atoms with Gasteiger partial charge in [0.2, 0.25) is 5.91 Å². The first-order valence-electron chi connectivity index (χ1n) is 6.09. The van der Waals surface area contributed by atoms with Gasteiger partial charge >= 0.3 is 0 Å². The monoisotopic (exact) mass is 269 g/mol. The second kappa shape index (κ2) is 4.90. The number of hydrogen-bond acceptors (Lipinski definition) is 1. The van der Waals surface area contributed by atoms with E-state index in [0.29, 0.717) is 11.6 Å². The van der Waals surface area contributed by atoms with E-state index < -0.39 is 0 Å². The third-order valence-electron chi connectivity index (χ3n) is 3.15. The number of anilines is 1. The van der Waals surface area contributed by atoms with E-state index in [1.165, 1.54) is 0 Å². The molecule has 2 aromatic carbocycles. The predicted octanol–water partition coefficient (Wildman–Crippen LogP) is 3.81. The van der Waals surface area contributed by atoms with Gasteiger partial charge in [-0.15, -0.1) is 0 Å². The van der Waals surface area contributed by atoms with Crippen molar-refractivity contribution in [1.82, 2.24) is 0 Å². The van der Waals surface area contributed by atoms with Gasteiger partial charge in [-0.25, -0.2) is 0 Å². The van der Waals surface area contributed by atoms with Crippen LogP contribution in [0.4, 0.5) is 5.69 Å². The number of rotatable bonds is 1. The van der Waals surface area contributed by atoms with E-state index in [4.69, 9.17) is 11.6 Å². The van der Waals surface area contributed by atoms with Gasteiger partial charge in [-0.2, -0.15) is 0 Å². The summed E-state index contributed by atoms with van der Waals surface area (Å²) in [6.07, 6.45) is 2.20. The molecule has 0 radical (unpaired) electrons. The number of amides is 1. The Morgan fingerprint density at radius 2 is 1.63 bits per heavy atom. The standard InChI is InChI=1S/C16H12ClNO/c17-15-10-12-6-4-5-7-13(12)11-16(19)18(15)14-8-2-1-3-9-14/h1-10H,11H2. The van der Waals surface area contributed by atoms with Crippen LogP contribution in [0.5, 0.6) is 0 Å². The van der Waals surface area contributed by atoms with Gasteiger partial charge < -0.3 is 0 Å². The average molecular weight is 270 g/mol. The fourth-order valence-electron chi connectivity index (χ4n) is 2.23. The van der Waals surface area contributed by atoms with Crippen LogP contribution >= 0.6 is 11.6 Å². The van der Waals surface area contributed by atoms with Gasteiger partial charge in [-0.1, -0.05) is 54.1 Å². The molecule has 0 bridgehead atoms. The summed E-state index contributed by atoms with van der Waals surface area (Å²) in [5.74, 6) is -0.0163. The summed E-state index contributed by atoms with van der Waals surface area (Å²) in [7, 11) is 0. The average Bonchev–Trinajstić information content (AvgIpc) is 2.54.